The Morgan fingerprint density at radius 1 is 1.50 bits per heavy atom. The van der Waals surface area contributed by atoms with Crippen LogP contribution in [0.2, 0.25) is 0 Å². The van der Waals surface area contributed by atoms with E-state index in [1.807, 2.05) is 6.07 Å². The fourth-order valence-corrected chi connectivity index (χ4v) is 1.99. The maximum atomic E-state index is 13.5. The van der Waals surface area contributed by atoms with Gasteiger partial charge >= 0.3 is 5.97 Å². The van der Waals surface area contributed by atoms with E-state index in [1.165, 1.54) is 24.3 Å². The lowest BCUT2D eigenvalue weighted by atomic mass is 9.90. The van der Waals surface area contributed by atoms with Gasteiger partial charge in [-0.15, -0.1) is 0 Å². The predicted molar refractivity (Wildman–Crippen MR) is 91.1 cm³/mol. The van der Waals surface area contributed by atoms with Crippen molar-refractivity contribution in [3.63, 3.8) is 0 Å². The molecule has 0 aliphatic rings. The van der Waals surface area contributed by atoms with E-state index in [9.17, 15) is 14.0 Å². The first-order chi connectivity index (χ1) is 11.2. The Kier molecular flexibility index (Phi) is 7.11. The molecule has 0 aliphatic carbocycles. The van der Waals surface area contributed by atoms with E-state index in [1.54, 1.807) is 20.8 Å². The fraction of sp³-hybridized carbons (Fsp3) is 0.353. The average Bonchev–Trinajstić information content (AvgIpc) is 2.53. The number of halogens is 2. The van der Waals surface area contributed by atoms with E-state index in [-0.39, 0.29) is 11.5 Å². The Labute approximate surface area is 148 Å². The third kappa shape index (κ3) is 5.78. The molecule has 1 atom stereocenters. The van der Waals surface area contributed by atoms with Crippen LogP contribution in [0.5, 0.6) is 0 Å². The quantitative estimate of drug-likeness (QED) is 0.591. The summed E-state index contributed by atoms with van der Waals surface area (Å²) < 4.78 is 19.0. The second-order valence-corrected chi connectivity index (χ2v) is 6.54. The molecule has 0 radical (unpaired) electrons. The van der Waals surface area contributed by atoms with Crippen LogP contribution in [0.4, 0.5) is 4.39 Å². The Balaban J connectivity index is 2.57. The fourth-order valence-electron chi connectivity index (χ4n) is 1.61. The largest absolute Gasteiger partial charge is 0.452 e. The van der Waals surface area contributed by atoms with Crippen molar-refractivity contribution in [1.29, 1.82) is 5.26 Å². The molecule has 0 bridgehead atoms. The average molecular weight is 397 g/mol. The van der Waals surface area contributed by atoms with Crippen LogP contribution in [0, 0.1) is 23.1 Å². The molecule has 1 rings (SSSR count). The molecule has 0 spiro atoms. The van der Waals surface area contributed by atoms with Crippen molar-refractivity contribution in [3.05, 3.63) is 40.1 Å². The summed E-state index contributed by atoms with van der Waals surface area (Å²) in [6.45, 7) is 4.66. The maximum absolute atomic E-state index is 13.5. The molecule has 0 saturated carbocycles. The summed E-state index contributed by atoms with van der Waals surface area (Å²) in [7, 11) is 0. The number of hydrogen-bond acceptors (Lipinski definition) is 4. The number of nitriles is 1. The highest BCUT2D eigenvalue weighted by Crippen LogP contribution is 2.17. The van der Waals surface area contributed by atoms with Gasteiger partial charge in [-0.3, -0.25) is 4.79 Å². The maximum Gasteiger partial charge on any atom is 0.331 e. The van der Waals surface area contributed by atoms with Crippen molar-refractivity contribution in [3.8, 4) is 6.07 Å². The normalized spacial score (nSPS) is 13.4. The molecule has 1 N–H and O–H groups in total. The topological polar surface area (TPSA) is 79.2 Å². The minimum Gasteiger partial charge on any atom is -0.452 e. The molecule has 0 saturated heterocycles. The van der Waals surface area contributed by atoms with E-state index >= 15 is 0 Å². The van der Waals surface area contributed by atoms with Crippen LogP contribution in [-0.2, 0) is 14.3 Å². The molecule has 0 aromatic heterocycles. The van der Waals surface area contributed by atoms with Crippen LogP contribution < -0.4 is 5.32 Å². The third-order valence-electron chi connectivity index (χ3n) is 3.49. The summed E-state index contributed by atoms with van der Waals surface area (Å²) in [6, 6.07) is 6.33. The number of rotatable bonds is 6. The van der Waals surface area contributed by atoms with Gasteiger partial charge in [0.15, 0.2) is 6.61 Å². The van der Waals surface area contributed by atoms with Gasteiger partial charge in [0.2, 0.25) is 0 Å². The lowest BCUT2D eigenvalue weighted by molar-refractivity contribution is -0.144. The molecule has 7 heteroatoms. The van der Waals surface area contributed by atoms with E-state index in [0.717, 1.165) is 6.08 Å². The lowest BCUT2D eigenvalue weighted by Crippen LogP contribution is -2.50. The van der Waals surface area contributed by atoms with Crippen LogP contribution in [-0.4, -0.2) is 24.0 Å². The van der Waals surface area contributed by atoms with Crippen LogP contribution in [0.25, 0.3) is 6.08 Å². The van der Waals surface area contributed by atoms with Crippen LogP contribution in [0.1, 0.15) is 26.3 Å². The van der Waals surface area contributed by atoms with E-state index in [4.69, 9.17) is 10.00 Å². The highest BCUT2D eigenvalue weighted by molar-refractivity contribution is 9.10. The van der Waals surface area contributed by atoms with Gasteiger partial charge in [-0.2, -0.15) is 5.26 Å². The predicted octanol–water partition coefficient (Wildman–Crippen LogP) is 3.20. The number of benzene rings is 1. The van der Waals surface area contributed by atoms with Crippen molar-refractivity contribution in [2.75, 3.05) is 6.61 Å². The molecule has 1 amide bonds. The van der Waals surface area contributed by atoms with Crippen LogP contribution >= 0.6 is 15.9 Å². The smallest absolute Gasteiger partial charge is 0.331 e. The van der Waals surface area contributed by atoms with Crippen molar-refractivity contribution in [2.24, 2.45) is 5.92 Å². The van der Waals surface area contributed by atoms with Gasteiger partial charge in [-0.1, -0.05) is 29.8 Å². The van der Waals surface area contributed by atoms with Crippen molar-refractivity contribution < 1.29 is 18.7 Å². The Morgan fingerprint density at radius 3 is 2.75 bits per heavy atom. The molecule has 0 aliphatic heterocycles. The van der Waals surface area contributed by atoms with E-state index in [2.05, 4.69) is 21.2 Å². The second kappa shape index (κ2) is 8.60. The zero-order valence-corrected chi connectivity index (χ0v) is 15.2. The molecule has 0 heterocycles. The number of amides is 1. The number of nitrogens with zero attached hydrogens (tertiary/aromatic N) is 1. The molecular weight excluding hydrogens is 379 g/mol. The molecule has 24 heavy (non-hydrogen) atoms. The van der Waals surface area contributed by atoms with Gasteiger partial charge in [-0.05, 0) is 37.1 Å². The summed E-state index contributed by atoms with van der Waals surface area (Å²) in [6.07, 6.45) is 2.29. The minimum absolute atomic E-state index is 0.110. The molecule has 1 aromatic carbocycles. The van der Waals surface area contributed by atoms with Crippen molar-refractivity contribution in [2.45, 2.75) is 26.3 Å². The van der Waals surface area contributed by atoms with Gasteiger partial charge in [0.25, 0.3) is 5.91 Å². The summed E-state index contributed by atoms with van der Waals surface area (Å²) >= 11 is 3.20. The number of hydrogen-bond donors (Lipinski definition) is 1. The number of esters is 1. The number of ether oxygens (including phenoxy) is 1. The van der Waals surface area contributed by atoms with Crippen LogP contribution in [0.15, 0.2) is 28.7 Å². The standard InChI is InChI=1S/C17H18BrFN2O3/c1-11(2)17(3,10-20)21-15(22)9-24-16(23)7-4-12-8-13(18)5-6-14(12)19/h4-8,11H,9H2,1-3H3,(H,21,22)/b7-4+. The summed E-state index contributed by atoms with van der Waals surface area (Å²) in [5, 5.41) is 11.6. The van der Waals surface area contributed by atoms with Gasteiger partial charge in [0.1, 0.15) is 11.4 Å². The molecule has 1 aromatic rings. The first-order valence-corrected chi connectivity index (χ1v) is 7.99. The summed E-state index contributed by atoms with van der Waals surface area (Å²) in [4.78, 5) is 23.4. The number of carbonyl (C=O) groups is 2. The Hall–Kier alpha value is -2.20. The Bertz CT molecular complexity index is 698. The van der Waals surface area contributed by atoms with Crippen molar-refractivity contribution >= 4 is 33.9 Å². The molecule has 0 fully saturated rings. The minimum atomic E-state index is -1.04. The zero-order chi connectivity index (χ0) is 18.3. The highest BCUT2D eigenvalue weighted by Gasteiger charge is 2.30. The monoisotopic (exact) mass is 396 g/mol. The lowest BCUT2D eigenvalue weighted by Gasteiger charge is -2.27. The van der Waals surface area contributed by atoms with Crippen molar-refractivity contribution in [1.82, 2.24) is 5.32 Å². The second-order valence-electron chi connectivity index (χ2n) is 5.62. The van der Waals surface area contributed by atoms with Gasteiger partial charge < -0.3 is 10.1 Å². The number of carbonyl (C=O) groups excluding carboxylic acids is 2. The molecule has 1 unspecified atom stereocenters. The SMILES string of the molecule is CC(C)C(C)(C#N)NC(=O)COC(=O)/C=C/c1cc(Br)ccc1F. The van der Waals surface area contributed by atoms with E-state index in [0.29, 0.717) is 4.47 Å². The first kappa shape index (κ1) is 19.8. The zero-order valence-electron chi connectivity index (χ0n) is 13.6. The molecule has 128 valence electrons. The van der Waals surface area contributed by atoms with Gasteiger partial charge in [0, 0.05) is 16.1 Å². The summed E-state index contributed by atoms with van der Waals surface area (Å²) in [5.74, 6) is -1.96. The van der Waals surface area contributed by atoms with Crippen LogP contribution in [0.3, 0.4) is 0 Å². The third-order valence-corrected chi connectivity index (χ3v) is 3.98. The highest BCUT2D eigenvalue weighted by atomic mass is 79.9. The van der Waals surface area contributed by atoms with Gasteiger partial charge in [-0.25, -0.2) is 9.18 Å². The number of nitrogens with one attached hydrogen (secondary N) is 1. The first-order valence-electron chi connectivity index (χ1n) is 7.20. The van der Waals surface area contributed by atoms with E-state index < -0.39 is 29.8 Å². The molecular formula is C17H18BrFN2O3. The van der Waals surface area contributed by atoms with Gasteiger partial charge in [0.05, 0.1) is 6.07 Å². The molecule has 5 nitrogen and oxygen atoms in total. The summed E-state index contributed by atoms with van der Waals surface area (Å²) in [5.41, 5.74) is -0.832. The Morgan fingerprint density at radius 2 is 2.17 bits per heavy atom.